The highest BCUT2D eigenvalue weighted by Crippen LogP contribution is 2.06. The zero-order valence-electron chi connectivity index (χ0n) is 15.2. The van der Waals surface area contributed by atoms with Crippen LogP contribution in [0.1, 0.15) is 84.0 Å². The first kappa shape index (κ1) is 22.5. The summed E-state index contributed by atoms with van der Waals surface area (Å²) < 4.78 is 5.11. The number of ether oxygens (including phenoxy) is 1. The van der Waals surface area contributed by atoms with E-state index in [0.717, 1.165) is 70.6 Å². The maximum atomic E-state index is 11.3. The molecule has 5 nitrogen and oxygen atoms in total. The van der Waals surface area contributed by atoms with E-state index in [2.05, 4.69) is 24.4 Å². The average molecular weight is 341 g/mol. The summed E-state index contributed by atoms with van der Waals surface area (Å²) in [5.41, 5.74) is 0. The molecule has 0 saturated carbocycles. The topological polar surface area (TPSA) is 75.6 Å². The van der Waals surface area contributed by atoms with Gasteiger partial charge in [0.15, 0.2) is 0 Å². The molecule has 0 aromatic heterocycles. The van der Waals surface area contributed by atoms with Crippen molar-refractivity contribution >= 4 is 12.1 Å². The van der Waals surface area contributed by atoms with Crippen LogP contribution in [0.15, 0.2) is 12.2 Å². The number of carboxylic acid groups (broad SMARTS) is 1. The number of hydrogen-bond acceptors (Lipinski definition) is 3. The number of allylic oxidation sites excluding steroid dienone is 2. The van der Waals surface area contributed by atoms with E-state index in [0.29, 0.717) is 13.2 Å². The molecular weight excluding hydrogens is 306 g/mol. The molecule has 0 unspecified atom stereocenters. The predicted octanol–water partition coefficient (Wildman–Crippen LogP) is 5.05. The molecule has 0 heterocycles. The van der Waals surface area contributed by atoms with E-state index in [-0.39, 0.29) is 12.5 Å². The third-order valence-electron chi connectivity index (χ3n) is 3.73. The molecule has 0 aromatic carbocycles. The molecule has 0 saturated heterocycles. The van der Waals surface area contributed by atoms with Crippen LogP contribution in [0.4, 0.5) is 4.79 Å². The molecule has 140 valence electrons. The Morgan fingerprint density at radius 1 is 0.917 bits per heavy atom. The third kappa shape index (κ3) is 18.5. The van der Waals surface area contributed by atoms with E-state index in [1.54, 1.807) is 0 Å². The smallest absolute Gasteiger partial charge is 0.407 e. The van der Waals surface area contributed by atoms with Gasteiger partial charge in [-0.25, -0.2) is 4.79 Å². The summed E-state index contributed by atoms with van der Waals surface area (Å²) in [5, 5.41) is 11.3. The van der Waals surface area contributed by atoms with Crippen molar-refractivity contribution in [1.29, 1.82) is 0 Å². The van der Waals surface area contributed by atoms with Crippen molar-refractivity contribution in [2.45, 2.75) is 84.0 Å². The van der Waals surface area contributed by atoms with Crippen molar-refractivity contribution in [2.75, 3.05) is 13.2 Å². The second-order valence-electron chi connectivity index (χ2n) is 6.08. The summed E-state index contributed by atoms with van der Waals surface area (Å²) in [6.07, 6.45) is 15.6. The first-order valence-corrected chi connectivity index (χ1v) is 9.44. The standard InChI is InChI=1S/C19H35NO4/c1-2-3-13-16-20-19(23)24-17-14-11-9-7-5-4-6-8-10-12-15-18(21)22/h5,7H,2-4,6,8-17H2,1H3,(H,20,23)(H,21,22)/b7-5-. The van der Waals surface area contributed by atoms with Crippen molar-refractivity contribution in [3.05, 3.63) is 12.2 Å². The quantitative estimate of drug-likeness (QED) is 0.304. The number of alkyl carbamates (subject to hydrolysis) is 1. The van der Waals surface area contributed by atoms with Crippen LogP contribution in [0.5, 0.6) is 0 Å². The molecule has 0 fully saturated rings. The van der Waals surface area contributed by atoms with Crippen LogP contribution in [0.25, 0.3) is 0 Å². The van der Waals surface area contributed by atoms with Gasteiger partial charge in [-0.3, -0.25) is 4.79 Å². The summed E-state index contributed by atoms with van der Waals surface area (Å²) in [4.78, 5) is 21.7. The molecule has 0 aliphatic carbocycles. The van der Waals surface area contributed by atoms with E-state index in [1.165, 1.54) is 0 Å². The molecule has 2 N–H and O–H groups in total. The lowest BCUT2D eigenvalue weighted by Gasteiger charge is -2.06. The molecule has 0 aliphatic heterocycles. The molecular formula is C19H35NO4. The first-order chi connectivity index (χ1) is 11.7. The van der Waals surface area contributed by atoms with E-state index in [9.17, 15) is 9.59 Å². The lowest BCUT2D eigenvalue weighted by molar-refractivity contribution is -0.137. The Hall–Kier alpha value is -1.52. The summed E-state index contributed by atoms with van der Waals surface area (Å²) >= 11 is 0. The largest absolute Gasteiger partial charge is 0.481 e. The Balaban J connectivity index is 3.23. The van der Waals surface area contributed by atoms with Gasteiger partial charge < -0.3 is 15.2 Å². The monoisotopic (exact) mass is 341 g/mol. The molecule has 0 bridgehead atoms. The van der Waals surface area contributed by atoms with Crippen LogP contribution in [0.3, 0.4) is 0 Å². The minimum atomic E-state index is -0.701. The number of rotatable bonds is 16. The number of nitrogens with one attached hydrogen (secondary N) is 1. The van der Waals surface area contributed by atoms with Gasteiger partial charge in [-0.1, -0.05) is 44.8 Å². The van der Waals surface area contributed by atoms with Gasteiger partial charge >= 0.3 is 12.1 Å². The molecule has 0 spiro atoms. The van der Waals surface area contributed by atoms with Gasteiger partial charge in [0.25, 0.3) is 0 Å². The van der Waals surface area contributed by atoms with Crippen LogP contribution in [0.2, 0.25) is 0 Å². The highest BCUT2D eigenvalue weighted by molar-refractivity contribution is 5.67. The minimum absolute atomic E-state index is 0.286. The second-order valence-corrected chi connectivity index (χ2v) is 6.08. The maximum absolute atomic E-state index is 11.3. The lowest BCUT2D eigenvalue weighted by atomic mass is 10.1. The van der Waals surface area contributed by atoms with Gasteiger partial charge in [-0.15, -0.1) is 0 Å². The zero-order valence-corrected chi connectivity index (χ0v) is 15.2. The fourth-order valence-corrected chi connectivity index (χ4v) is 2.27. The summed E-state index contributed by atoms with van der Waals surface area (Å²) in [6.45, 7) is 3.32. The highest BCUT2D eigenvalue weighted by atomic mass is 16.5. The van der Waals surface area contributed by atoms with Gasteiger partial charge in [0.05, 0.1) is 6.61 Å². The number of carboxylic acids is 1. The lowest BCUT2D eigenvalue weighted by Crippen LogP contribution is -2.25. The van der Waals surface area contributed by atoms with E-state index in [1.807, 2.05) is 0 Å². The number of unbranched alkanes of at least 4 members (excludes halogenated alkanes) is 8. The van der Waals surface area contributed by atoms with Crippen LogP contribution in [0, 0.1) is 0 Å². The minimum Gasteiger partial charge on any atom is -0.481 e. The number of amides is 1. The number of aliphatic carboxylic acids is 1. The van der Waals surface area contributed by atoms with Gasteiger partial charge in [0, 0.05) is 13.0 Å². The maximum Gasteiger partial charge on any atom is 0.407 e. The van der Waals surface area contributed by atoms with Crippen molar-refractivity contribution in [2.24, 2.45) is 0 Å². The van der Waals surface area contributed by atoms with Crippen molar-refractivity contribution in [1.82, 2.24) is 5.32 Å². The summed E-state index contributed by atoms with van der Waals surface area (Å²) in [6, 6.07) is 0. The molecule has 1 amide bonds. The van der Waals surface area contributed by atoms with Gasteiger partial charge in [0.2, 0.25) is 0 Å². The van der Waals surface area contributed by atoms with Crippen LogP contribution >= 0.6 is 0 Å². The Kier molecular flexibility index (Phi) is 16.7. The SMILES string of the molecule is CCCCCNC(=O)OCCCC/C=C\CCCCCCC(=O)O. The second kappa shape index (κ2) is 17.8. The first-order valence-electron chi connectivity index (χ1n) is 9.44. The number of carbonyl (C=O) groups is 2. The van der Waals surface area contributed by atoms with Crippen LogP contribution < -0.4 is 5.32 Å². The Labute approximate surface area is 146 Å². The predicted molar refractivity (Wildman–Crippen MR) is 97.2 cm³/mol. The highest BCUT2D eigenvalue weighted by Gasteiger charge is 1.99. The number of hydrogen-bond donors (Lipinski definition) is 2. The van der Waals surface area contributed by atoms with E-state index >= 15 is 0 Å². The molecule has 0 atom stereocenters. The molecule has 0 aliphatic rings. The van der Waals surface area contributed by atoms with E-state index < -0.39 is 5.97 Å². The van der Waals surface area contributed by atoms with Gasteiger partial charge in [0.1, 0.15) is 0 Å². The van der Waals surface area contributed by atoms with Crippen molar-refractivity contribution in [3.8, 4) is 0 Å². The van der Waals surface area contributed by atoms with Crippen LogP contribution in [-0.4, -0.2) is 30.3 Å². The van der Waals surface area contributed by atoms with Crippen LogP contribution in [-0.2, 0) is 9.53 Å². The molecule has 5 heteroatoms. The number of carbonyl (C=O) groups excluding carboxylic acids is 1. The normalized spacial score (nSPS) is 10.9. The Bertz CT molecular complexity index is 342. The summed E-state index contributed by atoms with van der Waals surface area (Å²) in [5.74, 6) is -0.701. The van der Waals surface area contributed by atoms with Gasteiger partial charge in [-0.2, -0.15) is 0 Å². The third-order valence-corrected chi connectivity index (χ3v) is 3.73. The van der Waals surface area contributed by atoms with E-state index in [4.69, 9.17) is 9.84 Å². The fourth-order valence-electron chi connectivity index (χ4n) is 2.27. The zero-order chi connectivity index (χ0) is 17.9. The van der Waals surface area contributed by atoms with Crippen molar-refractivity contribution < 1.29 is 19.4 Å². The molecule has 0 aromatic rings. The average Bonchev–Trinajstić information content (AvgIpc) is 2.55. The summed E-state index contributed by atoms with van der Waals surface area (Å²) in [7, 11) is 0. The van der Waals surface area contributed by atoms with Gasteiger partial charge in [-0.05, 0) is 44.9 Å². The van der Waals surface area contributed by atoms with Crippen molar-refractivity contribution in [3.63, 3.8) is 0 Å². The Morgan fingerprint density at radius 2 is 1.58 bits per heavy atom. The molecule has 24 heavy (non-hydrogen) atoms. The Morgan fingerprint density at radius 3 is 2.25 bits per heavy atom. The molecule has 0 rings (SSSR count). The fraction of sp³-hybridized carbons (Fsp3) is 0.789. The molecule has 0 radical (unpaired) electrons.